The van der Waals surface area contributed by atoms with Crippen molar-refractivity contribution in [3.63, 3.8) is 0 Å². The number of hydrogen-bond acceptors (Lipinski definition) is 3. The number of ether oxygens (including phenoxy) is 1. The summed E-state index contributed by atoms with van der Waals surface area (Å²) >= 11 is 0. The lowest BCUT2D eigenvalue weighted by molar-refractivity contribution is 0.115. The van der Waals surface area contributed by atoms with Crippen molar-refractivity contribution in [2.75, 3.05) is 25.5 Å². The summed E-state index contributed by atoms with van der Waals surface area (Å²) in [4.78, 5) is 2.11. The SMILES string of the molecule is CCNC1CCCCC1Oc1cccc(N(C)C)c1. The minimum absolute atomic E-state index is 0.311. The molecule has 1 aliphatic rings. The molecular weight excluding hydrogens is 236 g/mol. The molecule has 0 bridgehead atoms. The van der Waals surface area contributed by atoms with E-state index < -0.39 is 0 Å². The van der Waals surface area contributed by atoms with Gasteiger partial charge in [-0.15, -0.1) is 0 Å². The van der Waals surface area contributed by atoms with E-state index in [1.165, 1.54) is 24.9 Å². The summed E-state index contributed by atoms with van der Waals surface area (Å²) in [5.41, 5.74) is 1.19. The van der Waals surface area contributed by atoms with Gasteiger partial charge in [0.25, 0.3) is 0 Å². The monoisotopic (exact) mass is 262 g/mol. The lowest BCUT2D eigenvalue weighted by Crippen LogP contribution is -2.45. The van der Waals surface area contributed by atoms with Gasteiger partial charge < -0.3 is 15.0 Å². The van der Waals surface area contributed by atoms with Crippen LogP contribution in [0.4, 0.5) is 5.69 Å². The predicted octanol–water partition coefficient (Wildman–Crippen LogP) is 3.05. The van der Waals surface area contributed by atoms with E-state index in [4.69, 9.17) is 4.74 Å². The minimum atomic E-state index is 0.311. The van der Waals surface area contributed by atoms with Crippen LogP contribution in [0.5, 0.6) is 5.75 Å². The van der Waals surface area contributed by atoms with Crippen molar-refractivity contribution in [2.24, 2.45) is 0 Å². The summed E-state index contributed by atoms with van der Waals surface area (Å²) in [6.07, 6.45) is 5.29. The molecule has 2 rings (SSSR count). The van der Waals surface area contributed by atoms with Crippen LogP contribution in [0.3, 0.4) is 0 Å². The zero-order valence-corrected chi connectivity index (χ0v) is 12.4. The molecule has 0 aromatic heterocycles. The first-order valence-electron chi connectivity index (χ1n) is 7.38. The van der Waals surface area contributed by atoms with Gasteiger partial charge in [0, 0.05) is 31.9 Å². The maximum Gasteiger partial charge on any atom is 0.121 e. The second-order valence-electron chi connectivity index (χ2n) is 5.50. The van der Waals surface area contributed by atoms with Crippen molar-refractivity contribution in [1.29, 1.82) is 0 Å². The smallest absolute Gasteiger partial charge is 0.121 e. The number of likely N-dealkylation sites (N-methyl/N-ethyl adjacent to an activating group) is 1. The van der Waals surface area contributed by atoms with Crippen LogP contribution in [0, 0.1) is 0 Å². The average Bonchev–Trinajstić information content (AvgIpc) is 2.41. The van der Waals surface area contributed by atoms with E-state index in [1.807, 2.05) is 0 Å². The van der Waals surface area contributed by atoms with E-state index in [9.17, 15) is 0 Å². The van der Waals surface area contributed by atoms with Crippen LogP contribution in [0.15, 0.2) is 24.3 Å². The van der Waals surface area contributed by atoms with Gasteiger partial charge >= 0.3 is 0 Å². The summed E-state index contributed by atoms with van der Waals surface area (Å²) < 4.78 is 6.22. The third-order valence-corrected chi connectivity index (χ3v) is 3.79. The number of rotatable bonds is 5. The van der Waals surface area contributed by atoms with Crippen molar-refractivity contribution >= 4 is 5.69 Å². The van der Waals surface area contributed by atoms with Crippen molar-refractivity contribution in [2.45, 2.75) is 44.8 Å². The molecule has 0 spiro atoms. The molecule has 0 saturated heterocycles. The van der Waals surface area contributed by atoms with Crippen LogP contribution < -0.4 is 15.0 Å². The fourth-order valence-corrected chi connectivity index (χ4v) is 2.74. The molecular formula is C16H26N2O. The van der Waals surface area contributed by atoms with Crippen molar-refractivity contribution in [1.82, 2.24) is 5.32 Å². The van der Waals surface area contributed by atoms with E-state index >= 15 is 0 Å². The predicted molar refractivity (Wildman–Crippen MR) is 81.1 cm³/mol. The molecule has 0 radical (unpaired) electrons. The Kier molecular flexibility index (Phi) is 5.08. The van der Waals surface area contributed by atoms with Gasteiger partial charge in [-0.05, 0) is 37.9 Å². The van der Waals surface area contributed by atoms with Crippen molar-refractivity contribution < 1.29 is 4.74 Å². The second kappa shape index (κ2) is 6.80. The Morgan fingerprint density at radius 1 is 1.26 bits per heavy atom. The number of nitrogens with one attached hydrogen (secondary N) is 1. The molecule has 1 aromatic carbocycles. The van der Waals surface area contributed by atoms with Crippen molar-refractivity contribution in [3.8, 4) is 5.75 Å². The fourth-order valence-electron chi connectivity index (χ4n) is 2.74. The maximum atomic E-state index is 6.22. The highest BCUT2D eigenvalue weighted by Gasteiger charge is 2.25. The third kappa shape index (κ3) is 3.87. The van der Waals surface area contributed by atoms with Gasteiger partial charge in [-0.25, -0.2) is 0 Å². The number of nitrogens with zero attached hydrogens (tertiary/aromatic N) is 1. The molecule has 0 heterocycles. The largest absolute Gasteiger partial charge is 0.489 e. The number of hydrogen-bond donors (Lipinski definition) is 1. The topological polar surface area (TPSA) is 24.5 Å². The zero-order chi connectivity index (χ0) is 13.7. The highest BCUT2D eigenvalue weighted by Crippen LogP contribution is 2.26. The Labute approximate surface area is 116 Å². The Morgan fingerprint density at radius 3 is 2.79 bits per heavy atom. The van der Waals surface area contributed by atoms with E-state index in [0.29, 0.717) is 12.1 Å². The molecule has 2 unspecified atom stereocenters. The molecule has 0 amide bonds. The van der Waals surface area contributed by atoms with E-state index in [0.717, 1.165) is 18.7 Å². The molecule has 19 heavy (non-hydrogen) atoms. The van der Waals surface area contributed by atoms with Gasteiger partial charge in [0.05, 0.1) is 0 Å². The summed E-state index contributed by atoms with van der Waals surface area (Å²) in [5.74, 6) is 0.987. The van der Waals surface area contributed by atoms with E-state index in [1.54, 1.807) is 0 Å². The fraction of sp³-hybridized carbons (Fsp3) is 0.625. The summed E-state index contributed by atoms with van der Waals surface area (Å²) in [7, 11) is 4.11. The molecule has 3 heteroatoms. The molecule has 106 valence electrons. The summed E-state index contributed by atoms with van der Waals surface area (Å²) in [6.45, 7) is 3.18. The first-order valence-corrected chi connectivity index (χ1v) is 7.38. The Bertz CT molecular complexity index is 390. The molecule has 2 atom stereocenters. The van der Waals surface area contributed by atoms with Crippen molar-refractivity contribution in [3.05, 3.63) is 24.3 Å². The highest BCUT2D eigenvalue weighted by atomic mass is 16.5. The van der Waals surface area contributed by atoms with Crippen LogP contribution in [0.25, 0.3) is 0 Å². The third-order valence-electron chi connectivity index (χ3n) is 3.79. The molecule has 1 aromatic rings. The van der Waals surface area contributed by atoms with Crippen LogP contribution >= 0.6 is 0 Å². The van der Waals surface area contributed by atoms with Crippen LogP contribution in [0.2, 0.25) is 0 Å². The Balaban J connectivity index is 2.03. The summed E-state index contributed by atoms with van der Waals surface area (Å²) in [6, 6.07) is 8.86. The van der Waals surface area contributed by atoms with Gasteiger partial charge in [-0.3, -0.25) is 0 Å². The molecule has 0 aliphatic heterocycles. The van der Waals surface area contributed by atoms with Crippen LogP contribution in [-0.2, 0) is 0 Å². The normalized spacial score (nSPS) is 23.1. The molecule has 1 fully saturated rings. The minimum Gasteiger partial charge on any atom is -0.489 e. The quantitative estimate of drug-likeness (QED) is 0.882. The van der Waals surface area contributed by atoms with E-state index in [2.05, 4.69) is 55.5 Å². The zero-order valence-electron chi connectivity index (χ0n) is 12.4. The Hall–Kier alpha value is -1.22. The first-order chi connectivity index (χ1) is 9.20. The van der Waals surface area contributed by atoms with Gasteiger partial charge in [0.2, 0.25) is 0 Å². The molecule has 3 nitrogen and oxygen atoms in total. The number of benzene rings is 1. The van der Waals surface area contributed by atoms with Crippen LogP contribution in [-0.4, -0.2) is 32.8 Å². The second-order valence-corrected chi connectivity index (χ2v) is 5.50. The molecule has 1 N–H and O–H groups in total. The summed E-state index contributed by atoms with van der Waals surface area (Å²) in [5, 5.41) is 3.56. The van der Waals surface area contributed by atoms with Gasteiger partial charge in [0.1, 0.15) is 11.9 Å². The van der Waals surface area contributed by atoms with Gasteiger partial charge in [-0.2, -0.15) is 0 Å². The highest BCUT2D eigenvalue weighted by molar-refractivity contribution is 5.49. The van der Waals surface area contributed by atoms with Gasteiger partial charge in [-0.1, -0.05) is 19.4 Å². The Morgan fingerprint density at radius 2 is 2.05 bits per heavy atom. The lowest BCUT2D eigenvalue weighted by Gasteiger charge is -2.32. The van der Waals surface area contributed by atoms with Crippen LogP contribution in [0.1, 0.15) is 32.6 Å². The standard InChI is InChI=1S/C16H26N2O/c1-4-17-15-10-5-6-11-16(15)19-14-9-7-8-13(12-14)18(2)3/h7-9,12,15-17H,4-6,10-11H2,1-3H3. The molecule has 1 saturated carbocycles. The molecule has 1 aliphatic carbocycles. The lowest BCUT2D eigenvalue weighted by atomic mass is 9.92. The first kappa shape index (κ1) is 14.2. The van der Waals surface area contributed by atoms with Gasteiger partial charge in [0.15, 0.2) is 0 Å². The number of anilines is 1. The maximum absolute atomic E-state index is 6.22. The average molecular weight is 262 g/mol. The van der Waals surface area contributed by atoms with E-state index in [-0.39, 0.29) is 0 Å².